The maximum atomic E-state index is 12.6. The van der Waals surface area contributed by atoms with E-state index in [2.05, 4.69) is 26.1 Å². The maximum absolute atomic E-state index is 12.6. The second-order valence-corrected chi connectivity index (χ2v) is 8.49. The van der Waals surface area contributed by atoms with Crippen LogP contribution >= 0.6 is 11.8 Å². The number of hydrogen-bond acceptors (Lipinski definition) is 4. The number of nitrogens with two attached hydrogens (primary N) is 1. The van der Waals surface area contributed by atoms with Crippen molar-refractivity contribution in [3.63, 3.8) is 0 Å². The van der Waals surface area contributed by atoms with Gasteiger partial charge in [-0.2, -0.15) is 0 Å². The molecule has 3 rings (SSSR count). The van der Waals surface area contributed by atoms with Crippen LogP contribution < -0.4 is 11.1 Å². The number of amides is 2. The van der Waals surface area contributed by atoms with Gasteiger partial charge in [-0.15, -0.1) is 11.8 Å². The molecule has 1 unspecified atom stereocenters. The summed E-state index contributed by atoms with van der Waals surface area (Å²) in [6.45, 7) is 6.56. The van der Waals surface area contributed by atoms with Crippen LogP contribution in [-0.2, 0) is 9.59 Å². The lowest BCUT2D eigenvalue weighted by atomic mass is 9.95. The molecule has 2 heterocycles. The number of thioether (sulfide) groups is 1. The smallest absolute Gasteiger partial charge is 0.249 e. The highest BCUT2D eigenvalue weighted by Crippen LogP contribution is 2.50. The normalized spacial score (nSPS) is 29.7. The monoisotopic (exact) mass is 333 g/mol. The summed E-state index contributed by atoms with van der Waals surface area (Å²) in [7, 11) is 0. The molecule has 6 heteroatoms. The second-order valence-electron chi connectivity index (χ2n) is 6.72. The molecule has 124 valence electrons. The first-order valence-electron chi connectivity index (χ1n) is 7.92. The zero-order chi connectivity index (χ0) is 16.8. The van der Waals surface area contributed by atoms with E-state index in [4.69, 9.17) is 5.73 Å². The summed E-state index contributed by atoms with van der Waals surface area (Å²) in [5, 5.41) is 2.95. The van der Waals surface area contributed by atoms with E-state index in [0.29, 0.717) is 0 Å². The molecule has 4 atom stereocenters. The third-order valence-corrected chi connectivity index (χ3v) is 6.67. The van der Waals surface area contributed by atoms with Crippen molar-refractivity contribution < 1.29 is 9.59 Å². The van der Waals surface area contributed by atoms with Gasteiger partial charge in [0, 0.05) is 17.3 Å². The summed E-state index contributed by atoms with van der Waals surface area (Å²) in [6, 6.07) is 9.20. The largest absolute Gasteiger partial charge is 0.341 e. The van der Waals surface area contributed by atoms with Crippen LogP contribution in [0.4, 0.5) is 0 Å². The Morgan fingerprint density at radius 3 is 2.65 bits per heavy atom. The van der Waals surface area contributed by atoms with Gasteiger partial charge in [0.25, 0.3) is 0 Å². The lowest BCUT2D eigenvalue weighted by molar-refractivity contribution is -0.150. The highest BCUT2D eigenvalue weighted by Gasteiger charge is 2.60. The van der Waals surface area contributed by atoms with Gasteiger partial charge >= 0.3 is 0 Å². The molecular formula is C17H23N3O2S. The van der Waals surface area contributed by atoms with Crippen molar-refractivity contribution in [2.75, 3.05) is 6.54 Å². The molecule has 0 aromatic heterocycles. The van der Waals surface area contributed by atoms with Crippen LogP contribution in [0, 0.1) is 0 Å². The second kappa shape index (κ2) is 5.83. The van der Waals surface area contributed by atoms with E-state index in [1.807, 2.05) is 35.2 Å². The van der Waals surface area contributed by atoms with Gasteiger partial charge in [-0.1, -0.05) is 30.3 Å². The fourth-order valence-corrected chi connectivity index (χ4v) is 4.89. The van der Waals surface area contributed by atoms with Gasteiger partial charge in [0.15, 0.2) is 0 Å². The third kappa shape index (κ3) is 2.64. The summed E-state index contributed by atoms with van der Waals surface area (Å²) in [4.78, 5) is 26.9. The summed E-state index contributed by atoms with van der Waals surface area (Å²) in [6.07, 6.45) is 0. The molecule has 2 aliphatic heterocycles. The van der Waals surface area contributed by atoms with Crippen molar-refractivity contribution in [2.24, 2.45) is 5.73 Å². The number of β-lactam (4-membered cyclic amide) rings is 1. The van der Waals surface area contributed by atoms with Crippen LogP contribution in [-0.4, -0.2) is 45.5 Å². The minimum absolute atomic E-state index is 0.00645. The molecule has 0 spiro atoms. The molecule has 23 heavy (non-hydrogen) atoms. The minimum Gasteiger partial charge on any atom is -0.341 e. The number of fused-ring (bicyclic) bond motifs is 1. The van der Waals surface area contributed by atoms with Crippen LogP contribution in [0.15, 0.2) is 30.3 Å². The molecule has 5 nitrogen and oxygen atoms in total. The van der Waals surface area contributed by atoms with E-state index in [-0.39, 0.29) is 34.5 Å². The third-order valence-electron chi connectivity index (χ3n) is 4.98. The number of hydrogen-bond donors (Lipinski definition) is 2. The number of nitrogens with one attached hydrogen (secondary N) is 1. The first-order valence-corrected chi connectivity index (χ1v) is 8.80. The van der Waals surface area contributed by atoms with Crippen LogP contribution in [0.3, 0.4) is 0 Å². The molecule has 2 fully saturated rings. The van der Waals surface area contributed by atoms with E-state index >= 15 is 0 Å². The topological polar surface area (TPSA) is 75.4 Å². The lowest BCUT2D eigenvalue weighted by Crippen LogP contribution is -2.69. The number of benzene rings is 1. The highest BCUT2D eigenvalue weighted by molar-refractivity contribution is 8.01. The predicted octanol–water partition coefficient (Wildman–Crippen LogP) is 1.30. The van der Waals surface area contributed by atoms with E-state index in [1.54, 1.807) is 11.8 Å². The van der Waals surface area contributed by atoms with Crippen molar-refractivity contribution in [3.05, 3.63) is 35.9 Å². The lowest BCUT2D eigenvalue weighted by Gasteiger charge is -2.44. The SMILES string of the molecule is C[C@@H]1N2C(=O)[C@@H](NC(=O)C(CN)c3ccccc3)[C@H]2SC1(C)C. The van der Waals surface area contributed by atoms with Gasteiger partial charge in [0.2, 0.25) is 11.8 Å². The summed E-state index contributed by atoms with van der Waals surface area (Å²) < 4.78 is 0.00645. The highest BCUT2D eigenvalue weighted by atomic mass is 32.2. The average Bonchev–Trinajstić information content (AvgIpc) is 2.74. The summed E-state index contributed by atoms with van der Waals surface area (Å²) in [5.41, 5.74) is 6.66. The standard InChI is InChI=1S/C17H23N3O2S/c1-10-17(2,3)23-16-13(15(22)20(10)16)19-14(21)12(9-18)11-7-5-4-6-8-11/h4-8,10,12-13,16H,9,18H2,1-3H3,(H,19,21)/t10-,12?,13+,16+/m0/s1. The molecule has 1 aromatic carbocycles. The Morgan fingerprint density at radius 1 is 1.39 bits per heavy atom. The Hall–Kier alpha value is -1.53. The zero-order valence-electron chi connectivity index (χ0n) is 13.7. The fourth-order valence-electron chi connectivity index (χ4n) is 3.23. The number of rotatable bonds is 4. The Kier molecular flexibility index (Phi) is 4.14. The molecule has 0 radical (unpaired) electrons. The van der Waals surface area contributed by atoms with Crippen LogP contribution in [0.1, 0.15) is 32.3 Å². The van der Waals surface area contributed by atoms with Gasteiger partial charge in [0.05, 0.1) is 5.92 Å². The van der Waals surface area contributed by atoms with Crippen molar-refractivity contribution in [3.8, 4) is 0 Å². The molecule has 2 aliphatic rings. The van der Waals surface area contributed by atoms with E-state index in [1.165, 1.54) is 0 Å². The van der Waals surface area contributed by atoms with Gasteiger partial charge < -0.3 is 16.0 Å². The summed E-state index contributed by atoms with van der Waals surface area (Å²) >= 11 is 1.75. The Balaban J connectivity index is 1.71. The van der Waals surface area contributed by atoms with Crippen molar-refractivity contribution in [2.45, 2.75) is 48.9 Å². The molecule has 3 N–H and O–H groups in total. The molecular weight excluding hydrogens is 310 g/mol. The van der Waals surface area contributed by atoms with Crippen molar-refractivity contribution in [1.82, 2.24) is 10.2 Å². The Labute approximate surface area is 141 Å². The van der Waals surface area contributed by atoms with Crippen LogP contribution in [0.2, 0.25) is 0 Å². The van der Waals surface area contributed by atoms with Crippen LogP contribution in [0.5, 0.6) is 0 Å². The quantitative estimate of drug-likeness (QED) is 0.814. The van der Waals surface area contributed by atoms with Gasteiger partial charge in [-0.05, 0) is 26.3 Å². The zero-order valence-corrected chi connectivity index (χ0v) is 14.5. The van der Waals surface area contributed by atoms with Gasteiger partial charge in [-0.25, -0.2) is 0 Å². The maximum Gasteiger partial charge on any atom is 0.249 e. The van der Waals surface area contributed by atoms with E-state index < -0.39 is 12.0 Å². The molecule has 2 saturated heterocycles. The van der Waals surface area contributed by atoms with Gasteiger partial charge in [-0.3, -0.25) is 9.59 Å². The molecule has 0 aliphatic carbocycles. The van der Waals surface area contributed by atoms with Crippen LogP contribution in [0.25, 0.3) is 0 Å². The minimum atomic E-state index is -0.436. The predicted molar refractivity (Wildman–Crippen MR) is 91.9 cm³/mol. The van der Waals surface area contributed by atoms with E-state index in [9.17, 15) is 9.59 Å². The molecule has 1 aromatic rings. The average molecular weight is 333 g/mol. The Bertz CT molecular complexity index is 620. The molecule has 0 saturated carbocycles. The number of carbonyl (C=O) groups is 2. The van der Waals surface area contributed by atoms with Gasteiger partial charge in [0.1, 0.15) is 11.4 Å². The number of nitrogens with zero attached hydrogens (tertiary/aromatic N) is 1. The van der Waals surface area contributed by atoms with Crippen molar-refractivity contribution in [1.29, 1.82) is 0 Å². The molecule has 2 amide bonds. The number of carbonyl (C=O) groups excluding carboxylic acids is 2. The summed E-state index contributed by atoms with van der Waals surface area (Å²) in [5.74, 6) is -0.581. The molecule has 0 bridgehead atoms. The fraction of sp³-hybridized carbons (Fsp3) is 0.529. The Morgan fingerprint density at radius 2 is 2.04 bits per heavy atom. The van der Waals surface area contributed by atoms with E-state index in [0.717, 1.165) is 5.56 Å². The first kappa shape index (κ1) is 16.3. The van der Waals surface area contributed by atoms with Crippen molar-refractivity contribution >= 4 is 23.6 Å². The first-order chi connectivity index (χ1) is 10.9.